The van der Waals surface area contributed by atoms with Crippen LogP contribution in [0.1, 0.15) is 59.3 Å². The molecule has 0 aromatic heterocycles. The first-order valence-corrected chi connectivity index (χ1v) is 11.8. The maximum atomic E-state index is 13.2. The van der Waals surface area contributed by atoms with E-state index in [2.05, 4.69) is 6.92 Å². The molecule has 9 atom stereocenters. The number of rotatable bonds is 4. The molecule has 7 nitrogen and oxygen atoms in total. The zero-order valence-corrected chi connectivity index (χ0v) is 18.9. The Bertz CT molecular complexity index is 937. The number of fused-ring (bicyclic) bond motifs is 7. The van der Waals surface area contributed by atoms with Crippen molar-refractivity contribution < 1.29 is 34.1 Å². The second kappa shape index (κ2) is 7.08. The number of aliphatic hydroxyl groups is 1. The zero-order chi connectivity index (χ0) is 23.1. The van der Waals surface area contributed by atoms with Gasteiger partial charge in [-0.1, -0.05) is 38.8 Å². The van der Waals surface area contributed by atoms with Crippen LogP contribution in [0, 0.1) is 28.6 Å². The van der Waals surface area contributed by atoms with Crippen LogP contribution in [0.25, 0.3) is 0 Å². The highest BCUT2D eigenvalue weighted by Gasteiger charge is 2.76. The molecule has 3 saturated carbocycles. The van der Waals surface area contributed by atoms with Gasteiger partial charge in [-0.2, -0.15) is 0 Å². The molecule has 5 aliphatic rings. The maximum absolute atomic E-state index is 13.2. The van der Waals surface area contributed by atoms with Gasteiger partial charge in [0, 0.05) is 16.7 Å². The van der Waals surface area contributed by atoms with E-state index in [1.54, 1.807) is 12.2 Å². The van der Waals surface area contributed by atoms with Crippen LogP contribution in [0.3, 0.4) is 0 Å². The van der Waals surface area contributed by atoms with Gasteiger partial charge in [0.15, 0.2) is 17.7 Å². The molecule has 1 aliphatic heterocycles. The normalized spacial score (nSPS) is 49.0. The molecule has 0 aromatic carbocycles. The Kier molecular flexibility index (Phi) is 4.87. The smallest absolute Gasteiger partial charge is 0.375 e. The Morgan fingerprint density at radius 3 is 2.72 bits per heavy atom. The molecule has 0 bridgehead atoms. The van der Waals surface area contributed by atoms with Crippen molar-refractivity contribution in [2.45, 2.75) is 83.4 Å². The van der Waals surface area contributed by atoms with Gasteiger partial charge in [-0.05, 0) is 56.1 Å². The Hall–Kier alpha value is -1.83. The van der Waals surface area contributed by atoms with Crippen LogP contribution in [0.2, 0.25) is 0 Å². The first-order chi connectivity index (χ1) is 15.1. The summed E-state index contributed by atoms with van der Waals surface area (Å²) in [6.07, 6.45) is 6.97. The van der Waals surface area contributed by atoms with Crippen LogP contribution in [-0.4, -0.2) is 51.8 Å². The van der Waals surface area contributed by atoms with E-state index in [1.165, 1.54) is 0 Å². The molecule has 2 N–H and O–H groups in total. The third-order valence-electron chi connectivity index (χ3n) is 9.35. The van der Waals surface area contributed by atoms with E-state index in [1.807, 2.05) is 19.9 Å². The van der Waals surface area contributed by atoms with Gasteiger partial charge in [-0.25, -0.2) is 4.79 Å². The van der Waals surface area contributed by atoms with Crippen LogP contribution < -0.4 is 0 Å². The second-order valence-corrected chi connectivity index (χ2v) is 10.8. The summed E-state index contributed by atoms with van der Waals surface area (Å²) in [5.74, 6) is -2.53. The molecular weight excluding hydrogens is 412 g/mol. The van der Waals surface area contributed by atoms with E-state index in [0.717, 1.165) is 24.8 Å². The number of allylic oxidation sites excluding steroid dienone is 4. The number of ketones is 2. The highest BCUT2D eigenvalue weighted by atomic mass is 16.7. The molecule has 4 aliphatic carbocycles. The topological polar surface area (TPSA) is 110 Å². The van der Waals surface area contributed by atoms with Gasteiger partial charge in [-0.3, -0.25) is 9.59 Å². The highest BCUT2D eigenvalue weighted by molar-refractivity contribution is 6.36. The Balaban J connectivity index is 1.57. The van der Waals surface area contributed by atoms with Gasteiger partial charge in [0.05, 0.1) is 12.2 Å². The van der Waals surface area contributed by atoms with Crippen LogP contribution in [-0.2, 0) is 23.9 Å². The summed E-state index contributed by atoms with van der Waals surface area (Å²) in [7, 11) is 0. The lowest BCUT2D eigenvalue weighted by molar-refractivity contribution is -0.201. The van der Waals surface area contributed by atoms with Crippen molar-refractivity contribution in [3.8, 4) is 0 Å². The number of carbonyl (C=O) groups excluding carboxylic acids is 2. The summed E-state index contributed by atoms with van der Waals surface area (Å²) in [6.45, 7) is 5.99. The van der Waals surface area contributed by atoms with Gasteiger partial charge < -0.3 is 19.7 Å². The summed E-state index contributed by atoms with van der Waals surface area (Å²) in [4.78, 5) is 37.1. The standard InChI is InChI=1S/C25H32O7/c1-4-5-19-31-18-11-16-15-7-6-13-10-14(26)8-9-23(13,2)20(15)17(27)12-24(16,3)25(18,32-19)21(28)22(29)30/h8-10,15-20,27H,4-7,11-12H2,1-3H3,(H,29,30)/t15?,16?,17-,18?,19?,20?,23-,24-,25-/m0/s1. The van der Waals surface area contributed by atoms with E-state index >= 15 is 0 Å². The number of carboxylic acid groups (broad SMARTS) is 1. The van der Waals surface area contributed by atoms with Crippen LogP contribution in [0.15, 0.2) is 23.8 Å². The van der Waals surface area contributed by atoms with Crippen molar-refractivity contribution in [1.29, 1.82) is 0 Å². The first kappa shape index (κ1) is 22.0. The third-order valence-corrected chi connectivity index (χ3v) is 9.35. The van der Waals surface area contributed by atoms with Crippen molar-refractivity contribution in [3.63, 3.8) is 0 Å². The molecule has 1 heterocycles. The zero-order valence-electron chi connectivity index (χ0n) is 18.9. The lowest BCUT2D eigenvalue weighted by atomic mass is 9.46. The molecule has 0 radical (unpaired) electrons. The van der Waals surface area contributed by atoms with Gasteiger partial charge in [0.25, 0.3) is 5.78 Å². The molecule has 7 heteroatoms. The van der Waals surface area contributed by atoms with Crippen molar-refractivity contribution in [3.05, 3.63) is 23.8 Å². The SMILES string of the molecule is CCCC1OC2CC3C4CCC5=CC(=O)C=C[C@]5(C)C4[C@@H](O)C[C@]3(C)[C@]2(C(=O)C(=O)O)O1. The minimum absolute atomic E-state index is 0.0174. The van der Waals surface area contributed by atoms with Gasteiger partial charge in [0.1, 0.15) is 0 Å². The van der Waals surface area contributed by atoms with Gasteiger partial charge in [-0.15, -0.1) is 0 Å². The summed E-state index contributed by atoms with van der Waals surface area (Å²) >= 11 is 0. The monoisotopic (exact) mass is 444 g/mol. The third kappa shape index (κ3) is 2.62. The molecule has 5 rings (SSSR count). The number of aliphatic carboxylic acids is 1. The van der Waals surface area contributed by atoms with Crippen LogP contribution in [0.4, 0.5) is 0 Å². The fourth-order valence-corrected chi connectivity index (χ4v) is 8.06. The summed E-state index contributed by atoms with van der Waals surface area (Å²) in [5.41, 5.74) is -1.79. The van der Waals surface area contributed by atoms with E-state index in [9.17, 15) is 24.6 Å². The minimum Gasteiger partial charge on any atom is -0.475 e. The molecule has 5 unspecified atom stereocenters. The number of aliphatic hydroxyl groups excluding tert-OH is 1. The molecule has 0 amide bonds. The largest absolute Gasteiger partial charge is 0.475 e. The molecule has 1 saturated heterocycles. The lowest BCUT2D eigenvalue weighted by Gasteiger charge is -2.59. The van der Waals surface area contributed by atoms with Crippen molar-refractivity contribution in [2.75, 3.05) is 0 Å². The van der Waals surface area contributed by atoms with E-state index in [0.29, 0.717) is 12.8 Å². The predicted octanol–water partition coefficient (Wildman–Crippen LogP) is 2.81. The summed E-state index contributed by atoms with van der Waals surface area (Å²) in [5, 5.41) is 21.2. The summed E-state index contributed by atoms with van der Waals surface area (Å²) < 4.78 is 12.4. The van der Waals surface area contributed by atoms with Gasteiger partial charge >= 0.3 is 5.97 Å². The van der Waals surface area contributed by atoms with Crippen molar-refractivity contribution >= 4 is 17.5 Å². The predicted molar refractivity (Wildman–Crippen MR) is 113 cm³/mol. The quantitative estimate of drug-likeness (QED) is 0.642. The Morgan fingerprint density at radius 1 is 1.28 bits per heavy atom. The number of hydrogen-bond acceptors (Lipinski definition) is 6. The van der Waals surface area contributed by atoms with E-state index in [4.69, 9.17) is 9.47 Å². The highest BCUT2D eigenvalue weighted by Crippen LogP contribution is 2.69. The Labute approximate surface area is 187 Å². The number of hydrogen-bond donors (Lipinski definition) is 2. The second-order valence-electron chi connectivity index (χ2n) is 10.8. The fraction of sp³-hybridized carbons (Fsp3) is 0.720. The molecule has 0 aromatic rings. The Morgan fingerprint density at radius 2 is 2.03 bits per heavy atom. The number of carboxylic acids is 1. The average Bonchev–Trinajstić information content (AvgIpc) is 3.20. The van der Waals surface area contributed by atoms with Gasteiger partial charge in [0.2, 0.25) is 0 Å². The number of carbonyl (C=O) groups is 3. The average molecular weight is 445 g/mol. The lowest BCUT2D eigenvalue weighted by Crippen LogP contribution is -2.64. The van der Waals surface area contributed by atoms with Crippen LogP contribution in [0.5, 0.6) is 0 Å². The molecular formula is C25H32O7. The molecule has 174 valence electrons. The minimum atomic E-state index is -1.58. The number of ether oxygens (including phenoxy) is 2. The molecule has 32 heavy (non-hydrogen) atoms. The van der Waals surface area contributed by atoms with Crippen LogP contribution >= 0.6 is 0 Å². The van der Waals surface area contributed by atoms with E-state index in [-0.39, 0.29) is 30.0 Å². The number of Topliss-reactive ketones (excluding diaryl/α,β-unsaturated/α-hetero) is 1. The first-order valence-electron chi connectivity index (χ1n) is 11.8. The molecule has 4 fully saturated rings. The van der Waals surface area contributed by atoms with E-state index < -0.39 is 46.7 Å². The molecule has 0 spiro atoms. The maximum Gasteiger partial charge on any atom is 0.375 e. The summed E-state index contributed by atoms with van der Waals surface area (Å²) in [6, 6.07) is 0. The fourth-order valence-electron chi connectivity index (χ4n) is 8.06. The van der Waals surface area contributed by atoms with Crippen molar-refractivity contribution in [2.24, 2.45) is 28.6 Å². The van der Waals surface area contributed by atoms with Crippen molar-refractivity contribution in [1.82, 2.24) is 0 Å².